The van der Waals surface area contributed by atoms with Gasteiger partial charge >= 0.3 is 5.97 Å². The number of carboxylic acid groups (broad SMARTS) is 1. The number of piperidine rings is 1. The highest BCUT2D eigenvalue weighted by Gasteiger charge is 2.63. The van der Waals surface area contributed by atoms with Crippen LogP contribution in [0.2, 0.25) is 0 Å². The van der Waals surface area contributed by atoms with Gasteiger partial charge in [0.05, 0.1) is 18.1 Å². The van der Waals surface area contributed by atoms with Gasteiger partial charge in [0.1, 0.15) is 5.75 Å². The second kappa shape index (κ2) is 5.29. The average molecular weight is 337 g/mol. The third kappa shape index (κ3) is 2.05. The molecule has 2 saturated heterocycles. The number of hydrazine groups is 1. The molecule has 2 fully saturated rings. The Morgan fingerprint density at radius 3 is 2.64 bits per heavy atom. The predicted molar refractivity (Wildman–Crippen MR) is 90.7 cm³/mol. The van der Waals surface area contributed by atoms with E-state index in [2.05, 4.69) is 16.2 Å². The number of rotatable bonds is 2. The van der Waals surface area contributed by atoms with E-state index in [4.69, 9.17) is 4.74 Å². The number of carbonyl (C=O) groups is 1. The molecule has 2 aromatic carbocycles. The summed E-state index contributed by atoms with van der Waals surface area (Å²) in [6.07, 6.45) is 0.223. The normalized spacial score (nSPS) is 35.4. The third-order valence-corrected chi connectivity index (χ3v) is 5.65. The number of para-hydroxylation sites is 1. The number of nitrogens with one attached hydrogen (secondary N) is 3. The minimum absolute atomic E-state index is 0.0499. The lowest BCUT2D eigenvalue weighted by Gasteiger charge is -2.50. The van der Waals surface area contributed by atoms with Crippen molar-refractivity contribution in [3.05, 3.63) is 65.7 Å². The molecule has 5 rings (SSSR count). The zero-order chi connectivity index (χ0) is 17.0. The van der Waals surface area contributed by atoms with Gasteiger partial charge in [-0.25, -0.2) is 15.6 Å². The van der Waals surface area contributed by atoms with Crippen molar-refractivity contribution in [3.63, 3.8) is 0 Å². The Bertz CT molecular complexity index is 828. The summed E-state index contributed by atoms with van der Waals surface area (Å²) in [5, 5.41) is 13.7. The molecule has 0 aromatic heterocycles. The van der Waals surface area contributed by atoms with Gasteiger partial charge in [0, 0.05) is 18.0 Å². The summed E-state index contributed by atoms with van der Waals surface area (Å²) in [4.78, 5) is 12.4. The molecule has 128 valence electrons. The van der Waals surface area contributed by atoms with Crippen LogP contribution in [-0.2, 0) is 4.79 Å². The van der Waals surface area contributed by atoms with Crippen molar-refractivity contribution in [2.75, 3.05) is 0 Å². The van der Waals surface area contributed by atoms with E-state index < -0.39 is 11.6 Å². The van der Waals surface area contributed by atoms with E-state index in [0.29, 0.717) is 12.2 Å². The quantitative estimate of drug-likeness (QED) is 0.668. The first-order valence-electron chi connectivity index (χ1n) is 8.52. The molecule has 5 unspecified atom stereocenters. The zero-order valence-electron chi connectivity index (χ0n) is 13.5. The van der Waals surface area contributed by atoms with Crippen molar-refractivity contribution in [1.29, 1.82) is 0 Å². The smallest absolute Gasteiger partial charge is 0.348 e. The van der Waals surface area contributed by atoms with E-state index in [9.17, 15) is 9.90 Å². The van der Waals surface area contributed by atoms with Crippen molar-refractivity contribution in [1.82, 2.24) is 16.2 Å². The lowest BCUT2D eigenvalue weighted by atomic mass is 9.69. The summed E-state index contributed by atoms with van der Waals surface area (Å²) < 4.78 is 6.20. The molecular weight excluding hydrogens is 318 g/mol. The van der Waals surface area contributed by atoms with Gasteiger partial charge in [0.15, 0.2) is 0 Å². The van der Waals surface area contributed by atoms with Crippen LogP contribution in [0, 0.1) is 5.92 Å². The van der Waals surface area contributed by atoms with Crippen molar-refractivity contribution in [2.45, 2.75) is 30.3 Å². The maximum atomic E-state index is 12.4. The fourth-order valence-electron chi connectivity index (χ4n) is 4.54. The van der Waals surface area contributed by atoms with Crippen LogP contribution in [0.5, 0.6) is 5.75 Å². The monoisotopic (exact) mass is 337 g/mol. The summed E-state index contributed by atoms with van der Waals surface area (Å²) in [6, 6.07) is 17.4. The predicted octanol–water partition coefficient (Wildman–Crippen LogP) is 1.73. The molecule has 25 heavy (non-hydrogen) atoms. The molecule has 2 aromatic rings. The van der Waals surface area contributed by atoms with Crippen LogP contribution in [0.3, 0.4) is 0 Å². The number of aliphatic carboxylic acids is 1. The molecule has 6 nitrogen and oxygen atoms in total. The Kier molecular flexibility index (Phi) is 3.15. The topological polar surface area (TPSA) is 82.6 Å². The summed E-state index contributed by atoms with van der Waals surface area (Å²) in [7, 11) is 0. The van der Waals surface area contributed by atoms with Crippen molar-refractivity contribution >= 4 is 5.97 Å². The van der Waals surface area contributed by atoms with Gasteiger partial charge in [0.25, 0.3) is 0 Å². The molecule has 3 aliphatic rings. The number of hydrogen-bond acceptors (Lipinski definition) is 5. The summed E-state index contributed by atoms with van der Waals surface area (Å²) >= 11 is 0. The van der Waals surface area contributed by atoms with Gasteiger partial charge in [-0.2, -0.15) is 0 Å². The summed E-state index contributed by atoms with van der Waals surface area (Å²) in [6.45, 7) is 0. The minimum Gasteiger partial charge on any atom is -0.478 e. The van der Waals surface area contributed by atoms with E-state index in [0.717, 1.165) is 11.1 Å². The Labute approximate surface area is 145 Å². The summed E-state index contributed by atoms with van der Waals surface area (Å²) in [5.74, 6) is -0.530. The first-order chi connectivity index (χ1) is 12.2. The molecule has 0 aliphatic carbocycles. The molecule has 6 heteroatoms. The zero-order valence-corrected chi connectivity index (χ0v) is 13.5. The maximum absolute atomic E-state index is 12.4. The largest absolute Gasteiger partial charge is 0.478 e. The van der Waals surface area contributed by atoms with Crippen LogP contribution >= 0.6 is 0 Å². The molecule has 2 bridgehead atoms. The van der Waals surface area contributed by atoms with Crippen LogP contribution < -0.4 is 20.9 Å². The molecule has 4 N–H and O–H groups in total. The Morgan fingerprint density at radius 2 is 1.84 bits per heavy atom. The number of carboxylic acids is 1. The number of benzene rings is 2. The van der Waals surface area contributed by atoms with E-state index in [1.54, 1.807) is 0 Å². The van der Waals surface area contributed by atoms with E-state index in [1.807, 2.05) is 54.6 Å². The van der Waals surface area contributed by atoms with Crippen molar-refractivity contribution in [2.24, 2.45) is 5.92 Å². The molecule has 0 spiro atoms. The van der Waals surface area contributed by atoms with Crippen LogP contribution in [0.15, 0.2) is 54.6 Å². The number of ether oxygens (including phenoxy) is 1. The van der Waals surface area contributed by atoms with Gasteiger partial charge in [-0.1, -0.05) is 48.5 Å². The molecule has 3 heterocycles. The van der Waals surface area contributed by atoms with Gasteiger partial charge in [-0.3, -0.25) is 5.32 Å². The molecule has 3 aliphatic heterocycles. The highest BCUT2D eigenvalue weighted by atomic mass is 16.5. The highest BCUT2D eigenvalue weighted by molar-refractivity contribution is 5.80. The van der Waals surface area contributed by atoms with E-state index in [1.165, 1.54) is 0 Å². The fourth-order valence-corrected chi connectivity index (χ4v) is 4.54. The first kappa shape index (κ1) is 14.9. The van der Waals surface area contributed by atoms with Crippen molar-refractivity contribution < 1.29 is 14.6 Å². The van der Waals surface area contributed by atoms with Crippen LogP contribution in [0.1, 0.15) is 29.6 Å². The van der Waals surface area contributed by atoms with Gasteiger partial charge < -0.3 is 9.84 Å². The Morgan fingerprint density at radius 1 is 1.08 bits per heavy atom. The first-order valence-corrected chi connectivity index (χ1v) is 8.52. The minimum atomic E-state index is -1.27. The third-order valence-electron chi connectivity index (χ3n) is 5.65. The van der Waals surface area contributed by atoms with Gasteiger partial charge in [0.2, 0.25) is 5.60 Å². The Balaban J connectivity index is 1.63. The number of hydrogen-bond donors (Lipinski definition) is 4. The standard InChI is InChI=1S/C19H19N3O3/c23-18(24)19-10-13(12-8-4-5-9-14(12)25-19)20-17-15(19)16(21-22-17)11-6-2-1-3-7-11/h1-9,13,15-17,20-22H,10H2,(H,23,24). The molecule has 0 amide bonds. The maximum Gasteiger partial charge on any atom is 0.348 e. The SMILES string of the molecule is O=C(O)C12CC(NC3NNC(c4ccccc4)C31)c1ccccc1O2. The van der Waals surface area contributed by atoms with Crippen LogP contribution in [0.4, 0.5) is 0 Å². The van der Waals surface area contributed by atoms with Gasteiger partial charge in [-0.05, 0) is 11.6 Å². The van der Waals surface area contributed by atoms with Gasteiger partial charge in [-0.15, -0.1) is 0 Å². The summed E-state index contributed by atoms with van der Waals surface area (Å²) in [5.41, 5.74) is 7.31. The molecule has 0 saturated carbocycles. The van der Waals surface area contributed by atoms with Crippen LogP contribution in [0.25, 0.3) is 0 Å². The lowest BCUT2D eigenvalue weighted by molar-refractivity contribution is -0.170. The molecule has 0 radical (unpaired) electrons. The average Bonchev–Trinajstić information content (AvgIpc) is 3.07. The Hall–Kier alpha value is -2.41. The second-order valence-electron chi connectivity index (χ2n) is 6.94. The highest BCUT2D eigenvalue weighted by Crippen LogP contribution is 2.51. The van der Waals surface area contributed by atoms with Crippen molar-refractivity contribution in [3.8, 4) is 5.75 Å². The van der Waals surface area contributed by atoms with E-state index >= 15 is 0 Å². The second-order valence-corrected chi connectivity index (χ2v) is 6.94. The molecular formula is C19H19N3O3. The lowest BCUT2D eigenvalue weighted by Crippen LogP contribution is -2.66. The number of fused-ring (bicyclic) bond motifs is 6. The van der Waals surface area contributed by atoms with E-state index in [-0.39, 0.29) is 24.2 Å². The molecule has 5 atom stereocenters. The van der Waals surface area contributed by atoms with Crippen LogP contribution in [-0.4, -0.2) is 22.8 Å². The fraction of sp³-hybridized carbons (Fsp3) is 0.316.